The predicted molar refractivity (Wildman–Crippen MR) is 325 cm³/mol. The van der Waals surface area contributed by atoms with Gasteiger partial charge in [0, 0.05) is 19.3 Å². The van der Waals surface area contributed by atoms with Crippen molar-refractivity contribution in [3.63, 3.8) is 0 Å². The summed E-state index contributed by atoms with van der Waals surface area (Å²) in [7, 11) is 0. The molecule has 0 aliphatic rings. The summed E-state index contributed by atoms with van der Waals surface area (Å²) in [6, 6.07) is 0. The first-order valence-electron chi connectivity index (χ1n) is 31.7. The van der Waals surface area contributed by atoms with Gasteiger partial charge < -0.3 is 14.2 Å². The zero-order valence-corrected chi connectivity index (χ0v) is 49.3. The maximum absolute atomic E-state index is 12.9. The second-order valence-corrected chi connectivity index (χ2v) is 20.9. The Morgan fingerprint density at radius 2 is 0.520 bits per heavy atom. The minimum Gasteiger partial charge on any atom is -0.462 e. The van der Waals surface area contributed by atoms with E-state index in [-0.39, 0.29) is 31.1 Å². The Morgan fingerprint density at radius 1 is 0.280 bits per heavy atom. The predicted octanol–water partition coefficient (Wildman–Crippen LogP) is 21.7. The third-order valence-corrected chi connectivity index (χ3v) is 13.5. The van der Waals surface area contributed by atoms with Crippen molar-refractivity contribution in [1.82, 2.24) is 0 Å². The first kappa shape index (κ1) is 71.3. The summed E-state index contributed by atoms with van der Waals surface area (Å²) in [5.74, 6) is -0.906. The van der Waals surface area contributed by atoms with Crippen molar-refractivity contribution in [2.24, 2.45) is 0 Å². The lowest BCUT2D eigenvalue weighted by molar-refractivity contribution is -0.167. The van der Waals surface area contributed by atoms with E-state index >= 15 is 0 Å². The number of hydrogen-bond donors (Lipinski definition) is 0. The van der Waals surface area contributed by atoms with Gasteiger partial charge in [-0.05, 0) is 109 Å². The fourth-order valence-corrected chi connectivity index (χ4v) is 8.76. The number of ether oxygens (including phenoxy) is 3. The summed E-state index contributed by atoms with van der Waals surface area (Å²) >= 11 is 0. The van der Waals surface area contributed by atoms with E-state index in [0.717, 1.165) is 135 Å². The van der Waals surface area contributed by atoms with Crippen LogP contribution in [0.4, 0.5) is 0 Å². The Kier molecular flexibility index (Phi) is 59.8. The smallest absolute Gasteiger partial charge is 0.306 e. The molecule has 0 aromatic heterocycles. The summed E-state index contributed by atoms with van der Waals surface area (Å²) in [5.41, 5.74) is 0. The molecule has 0 aromatic rings. The molecule has 430 valence electrons. The summed E-state index contributed by atoms with van der Waals surface area (Å²) in [6.07, 6.45) is 84.2. The average molecular weight is 1040 g/mol. The molecule has 0 radical (unpaired) electrons. The fraction of sp³-hybridized carbons (Fsp3) is 0.725. The number of allylic oxidation sites excluding steroid dienone is 16. The fourth-order valence-electron chi connectivity index (χ4n) is 8.76. The third kappa shape index (κ3) is 61.1. The lowest BCUT2D eigenvalue weighted by atomic mass is 10.0. The topological polar surface area (TPSA) is 78.9 Å². The van der Waals surface area contributed by atoms with Gasteiger partial charge in [-0.1, -0.05) is 272 Å². The van der Waals surface area contributed by atoms with Crippen molar-refractivity contribution in [3.8, 4) is 0 Å². The van der Waals surface area contributed by atoms with Gasteiger partial charge in [0.15, 0.2) is 6.10 Å². The molecule has 0 saturated carbocycles. The maximum Gasteiger partial charge on any atom is 0.306 e. The maximum atomic E-state index is 12.9. The van der Waals surface area contributed by atoms with Crippen LogP contribution in [0.1, 0.15) is 303 Å². The van der Waals surface area contributed by atoms with Crippen molar-refractivity contribution in [1.29, 1.82) is 0 Å². The van der Waals surface area contributed by atoms with Gasteiger partial charge in [-0.25, -0.2) is 0 Å². The molecule has 0 bridgehead atoms. The third-order valence-electron chi connectivity index (χ3n) is 13.5. The summed E-state index contributed by atoms with van der Waals surface area (Å²) in [6.45, 7) is 6.44. The van der Waals surface area contributed by atoms with Crippen molar-refractivity contribution in [3.05, 3.63) is 97.2 Å². The van der Waals surface area contributed by atoms with Gasteiger partial charge >= 0.3 is 17.9 Å². The van der Waals surface area contributed by atoms with Gasteiger partial charge in [0.05, 0.1) is 0 Å². The Labute approximate surface area is 464 Å². The van der Waals surface area contributed by atoms with E-state index < -0.39 is 6.10 Å². The average Bonchev–Trinajstić information content (AvgIpc) is 3.41. The molecule has 6 nitrogen and oxygen atoms in total. The van der Waals surface area contributed by atoms with Crippen LogP contribution in [0.5, 0.6) is 0 Å². The summed E-state index contributed by atoms with van der Waals surface area (Å²) in [4.78, 5) is 38.2. The molecule has 1 unspecified atom stereocenters. The molecule has 6 heteroatoms. The first-order valence-corrected chi connectivity index (χ1v) is 31.7. The monoisotopic (exact) mass is 1040 g/mol. The van der Waals surface area contributed by atoms with Crippen LogP contribution in [0.15, 0.2) is 97.2 Å². The highest BCUT2D eigenvalue weighted by Crippen LogP contribution is 2.16. The SMILES string of the molecule is CC/C=C\C/C=C\C/C=C\C/C=C\CCCCCCCCCCCCCCCCCCC(=O)OCC(COC(=O)CCCCCCC/C=C\C/C=C\CCCC)OC(=O)CCCCCCC/C=C\C/C=C\CCCC. The van der Waals surface area contributed by atoms with Crippen LogP contribution in [0, 0.1) is 0 Å². The molecule has 0 saturated heterocycles. The van der Waals surface area contributed by atoms with Crippen LogP contribution in [-0.2, 0) is 28.6 Å². The van der Waals surface area contributed by atoms with Crippen LogP contribution < -0.4 is 0 Å². The zero-order chi connectivity index (χ0) is 54.3. The van der Waals surface area contributed by atoms with Crippen LogP contribution in [0.3, 0.4) is 0 Å². The minimum atomic E-state index is -0.790. The molecule has 0 aliphatic carbocycles. The number of rotatable bonds is 57. The van der Waals surface area contributed by atoms with Crippen LogP contribution in [-0.4, -0.2) is 37.2 Å². The van der Waals surface area contributed by atoms with E-state index in [0.29, 0.717) is 19.3 Å². The van der Waals surface area contributed by atoms with Crippen molar-refractivity contribution < 1.29 is 28.6 Å². The molecular formula is C69H118O6. The lowest BCUT2D eigenvalue weighted by Crippen LogP contribution is -2.30. The molecule has 75 heavy (non-hydrogen) atoms. The van der Waals surface area contributed by atoms with Crippen molar-refractivity contribution >= 4 is 17.9 Å². The number of carbonyl (C=O) groups excluding carboxylic acids is 3. The molecule has 0 aliphatic heterocycles. The first-order chi connectivity index (χ1) is 37.0. The van der Waals surface area contributed by atoms with Gasteiger partial charge in [0.1, 0.15) is 13.2 Å². The van der Waals surface area contributed by atoms with Crippen LogP contribution in [0.2, 0.25) is 0 Å². The quantitative estimate of drug-likeness (QED) is 0.0261. The Balaban J connectivity index is 4.23. The molecule has 0 spiro atoms. The van der Waals surface area contributed by atoms with Gasteiger partial charge in [-0.3, -0.25) is 14.4 Å². The number of esters is 3. The standard InChI is InChI=1S/C69H118O6/c1-4-7-10-13-16-19-22-25-28-29-30-31-32-33-34-35-36-37-38-39-40-41-42-45-47-50-53-56-59-62-68(71)74-65-66(75-69(72)63-60-57-54-51-48-44-27-24-21-18-15-12-9-6-3)64-73-67(70)61-58-55-52-49-46-43-26-23-20-17-14-11-8-5-2/h7,10,14-19,23-28,30-31,66H,4-6,8-9,11-13,20-22,29,32-65H2,1-3H3/b10-7-,17-14-,18-15-,19-16-,26-23-,27-24-,28-25-,31-30-. The molecule has 0 amide bonds. The van der Waals surface area contributed by atoms with E-state index in [9.17, 15) is 14.4 Å². The highest BCUT2D eigenvalue weighted by atomic mass is 16.6. The Bertz CT molecular complexity index is 1480. The molecular weight excluding hydrogens is 925 g/mol. The van der Waals surface area contributed by atoms with Gasteiger partial charge in [-0.2, -0.15) is 0 Å². The van der Waals surface area contributed by atoms with Crippen molar-refractivity contribution in [2.45, 2.75) is 309 Å². The van der Waals surface area contributed by atoms with Gasteiger partial charge in [-0.15, -0.1) is 0 Å². The molecule has 0 rings (SSSR count). The number of unbranched alkanes of at least 4 members (excludes halogenated alkanes) is 30. The summed E-state index contributed by atoms with van der Waals surface area (Å²) in [5, 5.41) is 0. The molecule has 1 atom stereocenters. The van der Waals surface area contributed by atoms with Crippen molar-refractivity contribution in [2.75, 3.05) is 13.2 Å². The van der Waals surface area contributed by atoms with Gasteiger partial charge in [0.25, 0.3) is 0 Å². The van der Waals surface area contributed by atoms with E-state index in [2.05, 4.69) is 118 Å². The van der Waals surface area contributed by atoms with Crippen LogP contribution >= 0.6 is 0 Å². The largest absolute Gasteiger partial charge is 0.462 e. The summed E-state index contributed by atoms with van der Waals surface area (Å²) < 4.78 is 16.9. The Morgan fingerprint density at radius 3 is 0.813 bits per heavy atom. The highest BCUT2D eigenvalue weighted by molar-refractivity contribution is 5.71. The van der Waals surface area contributed by atoms with E-state index in [1.807, 2.05) is 0 Å². The normalized spacial score (nSPS) is 12.7. The van der Waals surface area contributed by atoms with Gasteiger partial charge in [0.2, 0.25) is 0 Å². The molecule has 0 aromatic carbocycles. The lowest BCUT2D eigenvalue weighted by Gasteiger charge is -2.18. The highest BCUT2D eigenvalue weighted by Gasteiger charge is 2.19. The molecule has 0 fully saturated rings. The van der Waals surface area contributed by atoms with E-state index in [1.54, 1.807) is 0 Å². The van der Waals surface area contributed by atoms with E-state index in [4.69, 9.17) is 14.2 Å². The van der Waals surface area contributed by atoms with Crippen LogP contribution in [0.25, 0.3) is 0 Å². The number of carbonyl (C=O) groups is 3. The zero-order valence-electron chi connectivity index (χ0n) is 49.3. The van der Waals surface area contributed by atoms with E-state index in [1.165, 1.54) is 128 Å². The Hall–Kier alpha value is -3.67. The second kappa shape index (κ2) is 62.9. The molecule has 0 heterocycles. The minimum absolute atomic E-state index is 0.0861. The second-order valence-electron chi connectivity index (χ2n) is 20.9. The number of hydrogen-bond acceptors (Lipinski definition) is 6. The molecule has 0 N–H and O–H groups in total.